The minimum Gasteiger partial charge on any atom is -0.392 e. The van der Waals surface area contributed by atoms with Crippen LogP contribution in [0.15, 0.2) is 36.4 Å². The molecule has 0 unspecified atom stereocenters. The fourth-order valence-corrected chi connectivity index (χ4v) is 3.62. The molecule has 0 aliphatic carbocycles. The second-order valence-electron chi connectivity index (χ2n) is 9.30. The van der Waals surface area contributed by atoms with Crippen molar-refractivity contribution in [2.45, 2.75) is 46.3 Å². The van der Waals surface area contributed by atoms with Gasteiger partial charge in [0.1, 0.15) is 11.8 Å². The van der Waals surface area contributed by atoms with Crippen LogP contribution in [0.3, 0.4) is 0 Å². The number of amides is 4. The molecule has 11 nitrogen and oxygen atoms in total. The predicted molar refractivity (Wildman–Crippen MR) is 139 cm³/mol. The van der Waals surface area contributed by atoms with Crippen LogP contribution < -0.4 is 10.6 Å². The maximum absolute atomic E-state index is 12.8. The van der Waals surface area contributed by atoms with Gasteiger partial charge in [0.25, 0.3) is 11.8 Å². The Morgan fingerprint density at radius 3 is 2.08 bits per heavy atom. The molecule has 0 bridgehead atoms. The van der Waals surface area contributed by atoms with Crippen LogP contribution in [0.2, 0.25) is 0 Å². The first-order valence-corrected chi connectivity index (χ1v) is 12.6. The van der Waals surface area contributed by atoms with E-state index >= 15 is 0 Å². The quantitative estimate of drug-likeness (QED) is 0.200. The van der Waals surface area contributed by atoms with Crippen LogP contribution in [-0.4, -0.2) is 78.4 Å². The molecule has 1 aromatic carbocycles. The summed E-state index contributed by atoms with van der Waals surface area (Å²) in [5.74, 6) is -2.30. The van der Waals surface area contributed by atoms with E-state index in [-0.39, 0.29) is 81.8 Å². The number of aliphatic hydroxyl groups excluding tert-OH is 1. The topological polar surface area (TPSA) is 151 Å². The smallest absolute Gasteiger partial charge is 0.253 e. The second kappa shape index (κ2) is 15.8. The molecule has 208 valence electrons. The third-order valence-electron chi connectivity index (χ3n) is 6.00. The van der Waals surface area contributed by atoms with Gasteiger partial charge in [-0.15, -0.1) is 0 Å². The molecule has 0 spiro atoms. The number of carbonyl (C=O) groups is 5. The average molecular weight is 532 g/mol. The van der Waals surface area contributed by atoms with Gasteiger partial charge in [0.05, 0.1) is 39.6 Å². The summed E-state index contributed by atoms with van der Waals surface area (Å²) in [6.07, 6.45) is 2.60. The normalized spacial score (nSPS) is 14.6. The number of nitrogens with one attached hydrogen (secondary N) is 2. The first-order valence-electron chi connectivity index (χ1n) is 12.6. The summed E-state index contributed by atoms with van der Waals surface area (Å²) in [5, 5.41) is 14.5. The number of imide groups is 1. The lowest BCUT2D eigenvalue weighted by Gasteiger charge is -2.22. The van der Waals surface area contributed by atoms with Crippen LogP contribution in [0.1, 0.15) is 39.2 Å². The highest BCUT2D eigenvalue weighted by Crippen LogP contribution is 2.18. The molecule has 4 amide bonds. The number of carbonyl (C=O) groups excluding carboxylic acids is 5. The largest absolute Gasteiger partial charge is 0.392 e. The standard InChI is InChI=1S/C27H37N3O8/c1-18(2)23(27(36)28-19(3)26(35)29-21-6-4-20(17-31)5-7-21)16-22(32)10-12-37-14-15-38-13-11-30-24(33)8-9-25(30)34/h4-9,18-19,23,31H,10-17H2,1-3H3,(H,28,36)(H,29,35)/t19-,23-/m0/s1. The van der Waals surface area contributed by atoms with Gasteiger partial charge < -0.3 is 25.2 Å². The maximum atomic E-state index is 12.8. The van der Waals surface area contributed by atoms with Crippen molar-refractivity contribution < 1.29 is 38.6 Å². The molecule has 0 radical (unpaired) electrons. The second-order valence-corrected chi connectivity index (χ2v) is 9.30. The summed E-state index contributed by atoms with van der Waals surface area (Å²) in [4.78, 5) is 61.7. The van der Waals surface area contributed by atoms with Gasteiger partial charge in [-0.25, -0.2) is 0 Å². The predicted octanol–water partition coefficient (Wildman–Crippen LogP) is 1.20. The number of rotatable bonds is 17. The van der Waals surface area contributed by atoms with Crippen molar-refractivity contribution in [1.82, 2.24) is 10.2 Å². The summed E-state index contributed by atoms with van der Waals surface area (Å²) in [7, 11) is 0. The van der Waals surface area contributed by atoms with Gasteiger partial charge in [-0.2, -0.15) is 0 Å². The zero-order valence-corrected chi connectivity index (χ0v) is 22.1. The molecule has 3 N–H and O–H groups in total. The molecule has 11 heteroatoms. The maximum Gasteiger partial charge on any atom is 0.253 e. The van der Waals surface area contributed by atoms with Gasteiger partial charge in [0.2, 0.25) is 11.8 Å². The molecular formula is C27H37N3O8. The van der Waals surface area contributed by atoms with Gasteiger partial charge in [-0.3, -0.25) is 28.9 Å². The molecule has 1 aromatic rings. The first kappa shape index (κ1) is 30.8. The van der Waals surface area contributed by atoms with Crippen molar-refractivity contribution in [3.8, 4) is 0 Å². The molecule has 1 heterocycles. The number of hydrogen-bond acceptors (Lipinski definition) is 8. The lowest BCUT2D eigenvalue weighted by atomic mass is 9.89. The molecule has 2 rings (SSSR count). The molecule has 0 saturated carbocycles. The van der Waals surface area contributed by atoms with E-state index in [9.17, 15) is 24.0 Å². The van der Waals surface area contributed by atoms with Crippen LogP contribution in [0.5, 0.6) is 0 Å². The Morgan fingerprint density at radius 1 is 0.895 bits per heavy atom. The highest BCUT2D eigenvalue weighted by atomic mass is 16.5. The van der Waals surface area contributed by atoms with Crippen LogP contribution in [0.25, 0.3) is 0 Å². The molecule has 1 aliphatic rings. The van der Waals surface area contributed by atoms with E-state index in [1.54, 1.807) is 31.2 Å². The van der Waals surface area contributed by atoms with Crippen LogP contribution in [0.4, 0.5) is 5.69 Å². The number of nitrogens with zero attached hydrogens (tertiary/aromatic N) is 1. The van der Waals surface area contributed by atoms with E-state index in [0.717, 1.165) is 10.5 Å². The van der Waals surface area contributed by atoms with Crippen molar-refractivity contribution in [1.29, 1.82) is 0 Å². The highest BCUT2D eigenvalue weighted by molar-refractivity contribution is 6.12. The van der Waals surface area contributed by atoms with Gasteiger partial charge in [0.15, 0.2) is 0 Å². The number of ketones is 1. The fraction of sp³-hybridized carbons (Fsp3) is 0.519. The summed E-state index contributed by atoms with van der Waals surface area (Å²) in [6, 6.07) is 5.90. The SMILES string of the molecule is CC(C)[C@H](CC(=O)CCOCCOCCN1C(=O)C=CC1=O)C(=O)N[C@@H](C)C(=O)Nc1ccc(CO)cc1. The average Bonchev–Trinajstić information content (AvgIpc) is 3.21. The summed E-state index contributed by atoms with van der Waals surface area (Å²) in [5.41, 5.74) is 1.26. The van der Waals surface area contributed by atoms with Gasteiger partial charge in [0, 0.05) is 36.6 Å². The molecule has 2 atom stereocenters. The van der Waals surface area contributed by atoms with Crippen LogP contribution in [0, 0.1) is 11.8 Å². The van der Waals surface area contributed by atoms with E-state index in [1.807, 2.05) is 13.8 Å². The number of Topliss-reactive ketones (excluding diaryl/α,β-unsaturated/α-hetero) is 1. The molecule has 0 aromatic heterocycles. The Bertz CT molecular complexity index is 988. The third-order valence-corrected chi connectivity index (χ3v) is 6.00. The fourth-order valence-electron chi connectivity index (χ4n) is 3.62. The van der Waals surface area contributed by atoms with Crippen molar-refractivity contribution in [3.05, 3.63) is 42.0 Å². The molecule has 0 fully saturated rings. The van der Waals surface area contributed by atoms with E-state index in [0.29, 0.717) is 5.69 Å². The van der Waals surface area contributed by atoms with Crippen molar-refractivity contribution in [2.75, 3.05) is 38.3 Å². The molecule has 0 saturated heterocycles. The van der Waals surface area contributed by atoms with E-state index in [4.69, 9.17) is 14.6 Å². The van der Waals surface area contributed by atoms with Gasteiger partial charge >= 0.3 is 0 Å². The highest BCUT2D eigenvalue weighted by Gasteiger charge is 2.27. The monoisotopic (exact) mass is 531 g/mol. The van der Waals surface area contributed by atoms with E-state index in [2.05, 4.69) is 10.6 Å². The number of anilines is 1. The van der Waals surface area contributed by atoms with E-state index in [1.165, 1.54) is 12.2 Å². The number of aliphatic hydroxyl groups is 1. The Hall–Kier alpha value is -3.41. The van der Waals surface area contributed by atoms with E-state index < -0.39 is 17.9 Å². The third kappa shape index (κ3) is 10.2. The molecule has 1 aliphatic heterocycles. The number of benzene rings is 1. The summed E-state index contributed by atoms with van der Waals surface area (Å²) >= 11 is 0. The zero-order chi connectivity index (χ0) is 28.1. The Kier molecular flexibility index (Phi) is 12.8. The number of ether oxygens (including phenoxy) is 2. The first-order chi connectivity index (χ1) is 18.1. The van der Waals surface area contributed by atoms with Gasteiger partial charge in [-0.1, -0.05) is 26.0 Å². The lowest BCUT2D eigenvalue weighted by molar-refractivity contribution is -0.137. The summed E-state index contributed by atoms with van der Waals surface area (Å²) in [6.45, 7) is 6.20. The van der Waals surface area contributed by atoms with Crippen molar-refractivity contribution >= 4 is 35.1 Å². The minimum absolute atomic E-state index is 0.0340. The van der Waals surface area contributed by atoms with Gasteiger partial charge in [-0.05, 0) is 30.5 Å². The van der Waals surface area contributed by atoms with Crippen molar-refractivity contribution in [2.24, 2.45) is 11.8 Å². The Morgan fingerprint density at radius 2 is 1.50 bits per heavy atom. The van der Waals surface area contributed by atoms with Crippen molar-refractivity contribution in [3.63, 3.8) is 0 Å². The lowest BCUT2D eigenvalue weighted by Crippen LogP contribution is -2.45. The summed E-state index contributed by atoms with van der Waals surface area (Å²) < 4.78 is 10.8. The Labute approximate surface area is 222 Å². The molecular weight excluding hydrogens is 494 g/mol. The zero-order valence-electron chi connectivity index (χ0n) is 22.1. The molecule has 38 heavy (non-hydrogen) atoms. The Balaban J connectivity index is 1.65. The number of hydrogen-bond donors (Lipinski definition) is 3. The van der Waals surface area contributed by atoms with Crippen LogP contribution >= 0.6 is 0 Å². The van der Waals surface area contributed by atoms with Crippen LogP contribution in [-0.2, 0) is 40.1 Å². The minimum atomic E-state index is -0.808.